The van der Waals surface area contributed by atoms with E-state index < -0.39 is 0 Å². The molecular formula is C30H29ClN2O3. The van der Waals surface area contributed by atoms with Crippen LogP contribution in [0.4, 0.5) is 0 Å². The molecule has 4 aromatic rings. The van der Waals surface area contributed by atoms with E-state index in [1.54, 1.807) is 18.2 Å². The molecule has 1 heterocycles. The minimum atomic E-state index is 0. The molecule has 0 radical (unpaired) electrons. The standard InChI is InChI=1S/C30H28N2O3.ClH/c31-21-22-5-4-6-23(19-22)28-13-7-24-20-25(33)8-14-29(24)30(28)35-27-11-9-26(10-12-27)34-18-17-32-15-2-1-3-16-32;/h4-14,19-20,33H,1-3,15-18H2;1H. The maximum absolute atomic E-state index is 9.96. The van der Waals surface area contributed by atoms with E-state index >= 15 is 0 Å². The fourth-order valence-corrected chi connectivity index (χ4v) is 4.58. The number of hydrogen-bond acceptors (Lipinski definition) is 5. The van der Waals surface area contributed by atoms with Crippen molar-refractivity contribution >= 4 is 23.2 Å². The third-order valence-corrected chi connectivity index (χ3v) is 6.43. The SMILES string of the molecule is Cl.N#Cc1cccc(-c2ccc3cc(O)ccc3c2Oc2ccc(OCCN3CCCCC3)cc2)c1. The average Bonchev–Trinajstić information content (AvgIpc) is 2.90. The van der Waals surface area contributed by atoms with Gasteiger partial charge in [-0.3, -0.25) is 4.90 Å². The lowest BCUT2D eigenvalue weighted by atomic mass is 9.98. The van der Waals surface area contributed by atoms with Gasteiger partial charge in [0, 0.05) is 17.5 Å². The molecule has 0 amide bonds. The van der Waals surface area contributed by atoms with E-state index in [-0.39, 0.29) is 18.2 Å². The van der Waals surface area contributed by atoms with Crippen molar-refractivity contribution in [3.05, 3.63) is 84.4 Å². The molecule has 36 heavy (non-hydrogen) atoms. The van der Waals surface area contributed by atoms with E-state index in [2.05, 4.69) is 11.0 Å². The Morgan fingerprint density at radius 1 is 0.861 bits per heavy atom. The highest BCUT2D eigenvalue weighted by atomic mass is 35.5. The third kappa shape index (κ3) is 5.91. The van der Waals surface area contributed by atoms with Gasteiger partial charge in [-0.1, -0.05) is 24.6 Å². The zero-order valence-electron chi connectivity index (χ0n) is 20.0. The number of ether oxygens (including phenoxy) is 2. The van der Waals surface area contributed by atoms with Crippen LogP contribution in [0.3, 0.4) is 0 Å². The summed E-state index contributed by atoms with van der Waals surface area (Å²) in [4.78, 5) is 2.46. The van der Waals surface area contributed by atoms with Crippen molar-refractivity contribution in [2.24, 2.45) is 0 Å². The molecule has 1 aliphatic rings. The summed E-state index contributed by atoms with van der Waals surface area (Å²) in [6, 6.07) is 26.5. The van der Waals surface area contributed by atoms with Crippen LogP contribution < -0.4 is 9.47 Å². The summed E-state index contributed by atoms with van der Waals surface area (Å²) < 4.78 is 12.4. The average molecular weight is 501 g/mol. The zero-order valence-corrected chi connectivity index (χ0v) is 20.8. The van der Waals surface area contributed by atoms with E-state index in [0.29, 0.717) is 23.7 Å². The van der Waals surface area contributed by atoms with Gasteiger partial charge < -0.3 is 14.6 Å². The highest BCUT2D eigenvalue weighted by molar-refractivity contribution is 5.96. The number of nitriles is 1. The third-order valence-electron chi connectivity index (χ3n) is 6.43. The summed E-state index contributed by atoms with van der Waals surface area (Å²) in [5, 5.41) is 21.1. The van der Waals surface area contributed by atoms with Crippen molar-refractivity contribution in [2.75, 3.05) is 26.2 Å². The van der Waals surface area contributed by atoms with Gasteiger partial charge >= 0.3 is 0 Å². The lowest BCUT2D eigenvalue weighted by Crippen LogP contribution is -2.33. The summed E-state index contributed by atoms with van der Waals surface area (Å²) in [6.07, 6.45) is 3.90. The van der Waals surface area contributed by atoms with Crippen molar-refractivity contribution in [3.8, 4) is 40.2 Å². The predicted molar refractivity (Wildman–Crippen MR) is 145 cm³/mol. The second-order valence-corrected chi connectivity index (χ2v) is 8.86. The molecule has 0 unspecified atom stereocenters. The minimum absolute atomic E-state index is 0. The molecule has 4 aromatic carbocycles. The van der Waals surface area contributed by atoms with Crippen LogP contribution in [0.15, 0.2) is 78.9 Å². The Hall–Kier alpha value is -3.72. The van der Waals surface area contributed by atoms with Gasteiger partial charge in [0.15, 0.2) is 0 Å². The molecule has 0 saturated carbocycles. The van der Waals surface area contributed by atoms with Crippen molar-refractivity contribution in [1.82, 2.24) is 4.90 Å². The normalized spacial score (nSPS) is 13.5. The van der Waals surface area contributed by atoms with E-state index in [1.807, 2.05) is 60.7 Å². The summed E-state index contributed by atoms with van der Waals surface area (Å²) in [5.74, 6) is 2.39. The Kier molecular flexibility index (Phi) is 8.32. The van der Waals surface area contributed by atoms with Gasteiger partial charge in [0.1, 0.15) is 29.6 Å². The second-order valence-electron chi connectivity index (χ2n) is 8.86. The number of phenols is 1. The summed E-state index contributed by atoms with van der Waals surface area (Å²) in [7, 11) is 0. The monoisotopic (exact) mass is 500 g/mol. The number of aromatic hydroxyl groups is 1. The van der Waals surface area contributed by atoms with E-state index in [9.17, 15) is 10.4 Å². The van der Waals surface area contributed by atoms with E-state index in [4.69, 9.17) is 9.47 Å². The number of hydrogen-bond donors (Lipinski definition) is 1. The summed E-state index contributed by atoms with van der Waals surface area (Å²) >= 11 is 0. The van der Waals surface area contributed by atoms with Gasteiger partial charge in [-0.15, -0.1) is 12.4 Å². The molecule has 1 aliphatic heterocycles. The van der Waals surface area contributed by atoms with Gasteiger partial charge in [-0.05, 0) is 97.5 Å². The van der Waals surface area contributed by atoms with Crippen molar-refractivity contribution in [3.63, 3.8) is 0 Å². The molecule has 0 atom stereocenters. The van der Waals surface area contributed by atoms with Gasteiger partial charge in [0.05, 0.1) is 11.6 Å². The molecule has 1 N–H and O–H groups in total. The number of rotatable bonds is 7. The molecule has 1 saturated heterocycles. The molecule has 0 aromatic heterocycles. The Labute approximate surface area is 217 Å². The molecule has 5 rings (SSSR count). The first kappa shape index (κ1) is 25.4. The Bertz CT molecular complexity index is 1360. The molecule has 0 aliphatic carbocycles. The number of phenolic OH excluding ortho intramolecular Hbond substituents is 1. The number of halogens is 1. The topological polar surface area (TPSA) is 65.7 Å². The van der Waals surface area contributed by atoms with Crippen LogP contribution in [0.5, 0.6) is 23.0 Å². The maximum atomic E-state index is 9.96. The zero-order chi connectivity index (χ0) is 24.0. The quantitative estimate of drug-likeness (QED) is 0.291. The highest BCUT2D eigenvalue weighted by Gasteiger charge is 2.14. The molecule has 184 valence electrons. The smallest absolute Gasteiger partial charge is 0.143 e. The van der Waals surface area contributed by atoms with Crippen molar-refractivity contribution in [1.29, 1.82) is 5.26 Å². The van der Waals surface area contributed by atoms with Crippen LogP contribution >= 0.6 is 12.4 Å². The fourth-order valence-electron chi connectivity index (χ4n) is 4.58. The minimum Gasteiger partial charge on any atom is -0.508 e. The Morgan fingerprint density at radius 3 is 2.42 bits per heavy atom. The Balaban J connectivity index is 0.00000304. The molecule has 0 spiro atoms. The molecule has 5 nitrogen and oxygen atoms in total. The molecule has 1 fully saturated rings. The van der Waals surface area contributed by atoms with Crippen LogP contribution in [-0.4, -0.2) is 36.2 Å². The van der Waals surface area contributed by atoms with Crippen molar-refractivity contribution < 1.29 is 14.6 Å². The summed E-state index contributed by atoms with van der Waals surface area (Å²) in [5.41, 5.74) is 2.36. The highest BCUT2D eigenvalue weighted by Crippen LogP contribution is 2.41. The summed E-state index contributed by atoms with van der Waals surface area (Å²) in [6.45, 7) is 3.95. The first-order valence-corrected chi connectivity index (χ1v) is 12.1. The molecule has 0 bridgehead atoms. The number of fused-ring (bicyclic) bond motifs is 1. The van der Waals surface area contributed by atoms with Gasteiger partial charge in [0.2, 0.25) is 0 Å². The van der Waals surface area contributed by atoms with Crippen LogP contribution in [0.25, 0.3) is 21.9 Å². The predicted octanol–water partition coefficient (Wildman–Crippen LogP) is 7.16. The number of piperidine rings is 1. The fraction of sp³-hybridized carbons (Fsp3) is 0.233. The van der Waals surface area contributed by atoms with Crippen molar-refractivity contribution in [2.45, 2.75) is 19.3 Å². The van der Waals surface area contributed by atoms with Gasteiger partial charge in [0.25, 0.3) is 0 Å². The van der Waals surface area contributed by atoms with E-state index in [0.717, 1.165) is 34.2 Å². The Morgan fingerprint density at radius 2 is 1.64 bits per heavy atom. The van der Waals surface area contributed by atoms with Gasteiger partial charge in [-0.2, -0.15) is 5.26 Å². The number of nitrogens with zero attached hydrogens (tertiary/aromatic N) is 2. The van der Waals surface area contributed by atoms with Crippen LogP contribution in [0.1, 0.15) is 24.8 Å². The van der Waals surface area contributed by atoms with Crippen LogP contribution in [-0.2, 0) is 0 Å². The molecule has 6 heteroatoms. The lowest BCUT2D eigenvalue weighted by Gasteiger charge is -2.26. The van der Waals surface area contributed by atoms with E-state index in [1.165, 1.54) is 32.4 Å². The van der Waals surface area contributed by atoms with Crippen LogP contribution in [0, 0.1) is 11.3 Å². The number of likely N-dealkylation sites (tertiary alicyclic amines) is 1. The maximum Gasteiger partial charge on any atom is 0.143 e. The molecular weight excluding hydrogens is 472 g/mol. The van der Waals surface area contributed by atoms with Gasteiger partial charge in [-0.25, -0.2) is 0 Å². The number of benzene rings is 4. The lowest BCUT2D eigenvalue weighted by molar-refractivity contribution is 0.183. The first-order chi connectivity index (χ1) is 17.2. The first-order valence-electron chi connectivity index (χ1n) is 12.1. The van der Waals surface area contributed by atoms with Crippen LogP contribution in [0.2, 0.25) is 0 Å². The second kappa shape index (κ2) is 11.8. The largest absolute Gasteiger partial charge is 0.508 e.